The van der Waals surface area contributed by atoms with Crippen LogP contribution in [0, 0.1) is 16.7 Å². The van der Waals surface area contributed by atoms with Crippen LogP contribution in [-0.2, 0) is 19.1 Å². The monoisotopic (exact) mass is 598 g/mol. The number of rotatable bonds is 7. The average molecular weight is 599 g/mol. The molecule has 0 aromatic carbocycles. The van der Waals surface area contributed by atoms with Gasteiger partial charge in [-0.05, 0) is 12.8 Å². The fourth-order valence-corrected chi connectivity index (χ4v) is 6.94. The minimum atomic E-state index is -2.73. The maximum absolute atomic E-state index is 15.2. The number of amides is 2. The van der Waals surface area contributed by atoms with Gasteiger partial charge in [-0.15, -0.1) is 0 Å². The van der Waals surface area contributed by atoms with Crippen molar-refractivity contribution in [2.75, 3.05) is 105 Å². The van der Waals surface area contributed by atoms with Crippen LogP contribution < -0.4 is 0 Å². The van der Waals surface area contributed by atoms with Crippen molar-refractivity contribution >= 4 is 11.8 Å². The topological polar surface area (TPSA) is 92.6 Å². The van der Waals surface area contributed by atoms with Crippen molar-refractivity contribution in [3.63, 3.8) is 0 Å². The van der Waals surface area contributed by atoms with E-state index >= 15 is 4.39 Å². The van der Waals surface area contributed by atoms with Crippen molar-refractivity contribution in [1.29, 1.82) is 5.26 Å². The molecule has 0 radical (unpaired) electrons. The molecule has 0 aliphatic carbocycles. The third kappa shape index (κ3) is 7.38. The standard InChI is InChI=1S/C29H45F3N6O4/c30-28(5-17-41-18-6-28)23-35-7-1-27(22-33,2-8-35)26(40)38-13-11-36(12-14-38)24(21-34-15-19-42-20-16-34)25(39)37-9-3-29(31,32)4-10-37/h24H,1-21,23H2/t24-/m0/s1. The Morgan fingerprint density at radius 3 is 1.90 bits per heavy atom. The number of ether oxygens (including phenoxy) is 2. The summed E-state index contributed by atoms with van der Waals surface area (Å²) >= 11 is 0. The molecule has 0 N–H and O–H groups in total. The Morgan fingerprint density at radius 2 is 1.31 bits per heavy atom. The number of piperidine rings is 2. The second-order valence-electron chi connectivity index (χ2n) is 12.7. The van der Waals surface area contributed by atoms with Gasteiger partial charge in [-0.1, -0.05) is 0 Å². The van der Waals surface area contributed by atoms with Gasteiger partial charge in [0, 0.05) is 117 Å². The van der Waals surface area contributed by atoms with E-state index in [1.165, 1.54) is 0 Å². The first-order valence-electron chi connectivity index (χ1n) is 15.5. The van der Waals surface area contributed by atoms with Gasteiger partial charge in [-0.2, -0.15) is 5.26 Å². The second-order valence-corrected chi connectivity index (χ2v) is 12.7. The second kappa shape index (κ2) is 13.3. The minimum Gasteiger partial charge on any atom is -0.381 e. The highest BCUT2D eigenvalue weighted by Gasteiger charge is 2.47. The van der Waals surface area contributed by atoms with Crippen molar-refractivity contribution in [1.82, 2.24) is 24.5 Å². The predicted molar refractivity (Wildman–Crippen MR) is 148 cm³/mol. The third-order valence-electron chi connectivity index (χ3n) is 9.90. The number of morpholine rings is 1. The summed E-state index contributed by atoms with van der Waals surface area (Å²) in [7, 11) is 0. The van der Waals surface area contributed by atoms with Crippen LogP contribution >= 0.6 is 0 Å². The van der Waals surface area contributed by atoms with Crippen LogP contribution in [-0.4, -0.2) is 159 Å². The molecule has 236 valence electrons. The molecule has 0 bridgehead atoms. The average Bonchev–Trinajstić information content (AvgIpc) is 3.00. The summed E-state index contributed by atoms with van der Waals surface area (Å²) in [6, 6.07) is 1.83. The molecular weight excluding hydrogens is 553 g/mol. The Hall–Kier alpha value is -1.98. The Balaban J connectivity index is 1.17. The van der Waals surface area contributed by atoms with Crippen LogP contribution in [0.1, 0.15) is 38.5 Å². The largest absolute Gasteiger partial charge is 0.381 e. The fraction of sp³-hybridized carbons (Fsp3) is 0.897. The first-order chi connectivity index (χ1) is 20.1. The number of halogens is 3. The van der Waals surface area contributed by atoms with E-state index < -0.39 is 23.0 Å². The fourth-order valence-electron chi connectivity index (χ4n) is 6.94. The molecule has 1 atom stereocenters. The molecule has 0 unspecified atom stereocenters. The number of carbonyl (C=O) groups is 2. The van der Waals surface area contributed by atoms with E-state index in [0.717, 1.165) is 0 Å². The van der Waals surface area contributed by atoms with E-state index in [9.17, 15) is 23.6 Å². The van der Waals surface area contributed by atoms with Crippen LogP contribution in [0.3, 0.4) is 0 Å². The van der Waals surface area contributed by atoms with Crippen LogP contribution in [0.15, 0.2) is 0 Å². The Bertz CT molecular complexity index is 974. The van der Waals surface area contributed by atoms with Gasteiger partial charge in [0.15, 0.2) is 0 Å². The Morgan fingerprint density at radius 1 is 0.714 bits per heavy atom. The van der Waals surface area contributed by atoms with Gasteiger partial charge in [0.1, 0.15) is 17.1 Å². The zero-order valence-corrected chi connectivity index (χ0v) is 24.6. The molecule has 0 saturated carbocycles. The van der Waals surface area contributed by atoms with E-state index in [1.807, 2.05) is 4.90 Å². The van der Waals surface area contributed by atoms with Crippen LogP contribution in [0.4, 0.5) is 13.2 Å². The van der Waals surface area contributed by atoms with Crippen LogP contribution in [0.25, 0.3) is 0 Å². The van der Waals surface area contributed by atoms with E-state index in [4.69, 9.17) is 9.47 Å². The normalized spacial score (nSPS) is 28.1. The number of likely N-dealkylation sites (tertiary alicyclic amines) is 2. The number of piperazine rings is 1. The molecule has 0 spiro atoms. The number of nitriles is 1. The summed E-state index contributed by atoms with van der Waals surface area (Å²) in [4.78, 5) is 37.0. The van der Waals surface area contributed by atoms with Gasteiger partial charge in [-0.3, -0.25) is 19.4 Å². The highest BCUT2D eigenvalue weighted by Crippen LogP contribution is 2.36. The van der Waals surface area contributed by atoms with Crippen LogP contribution in [0.2, 0.25) is 0 Å². The van der Waals surface area contributed by atoms with Gasteiger partial charge in [-0.25, -0.2) is 13.2 Å². The molecule has 0 aromatic heterocycles. The lowest BCUT2D eigenvalue weighted by Gasteiger charge is -2.45. The quantitative estimate of drug-likeness (QED) is 0.432. The molecular formula is C29H45F3N6O4. The molecule has 10 nitrogen and oxygen atoms in total. The summed E-state index contributed by atoms with van der Waals surface area (Å²) in [5.74, 6) is -3.04. The van der Waals surface area contributed by atoms with E-state index in [1.54, 1.807) is 9.80 Å². The first kappa shape index (κ1) is 31.4. The summed E-state index contributed by atoms with van der Waals surface area (Å²) in [6.45, 7) is 7.04. The molecule has 5 fully saturated rings. The van der Waals surface area contributed by atoms with Crippen molar-refractivity contribution in [3.8, 4) is 6.07 Å². The maximum Gasteiger partial charge on any atom is 0.251 e. The molecule has 5 aliphatic rings. The van der Waals surface area contributed by atoms with E-state index in [-0.39, 0.29) is 37.7 Å². The Labute approximate surface area is 246 Å². The third-order valence-corrected chi connectivity index (χ3v) is 9.90. The SMILES string of the molecule is N#CC1(C(=O)N2CCN([C@@H](CN3CCOCC3)C(=O)N3CCC(F)(F)CC3)CC2)CCN(CC2(F)CCOCC2)CC1. The molecule has 5 heterocycles. The highest BCUT2D eigenvalue weighted by molar-refractivity contribution is 5.86. The lowest BCUT2D eigenvalue weighted by atomic mass is 9.77. The van der Waals surface area contributed by atoms with Crippen LogP contribution in [0.5, 0.6) is 0 Å². The number of hydrogen-bond acceptors (Lipinski definition) is 8. The van der Waals surface area contributed by atoms with Gasteiger partial charge in [0.2, 0.25) is 11.8 Å². The molecule has 5 rings (SSSR count). The van der Waals surface area contributed by atoms with E-state index in [2.05, 4.69) is 15.9 Å². The molecule has 5 aliphatic heterocycles. The highest BCUT2D eigenvalue weighted by atomic mass is 19.3. The summed E-state index contributed by atoms with van der Waals surface area (Å²) < 4.78 is 53.6. The minimum absolute atomic E-state index is 0.0446. The number of carbonyl (C=O) groups excluding carboxylic acids is 2. The number of hydrogen-bond donors (Lipinski definition) is 0. The van der Waals surface area contributed by atoms with Gasteiger partial charge < -0.3 is 24.2 Å². The summed E-state index contributed by atoms with van der Waals surface area (Å²) in [5, 5.41) is 10.1. The summed E-state index contributed by atoms with van der Waals surface area (Å²) in [6.07, 6.45) is 0.837. The molecule has 5 saturated heterocycles. The smallest absolute Gasteiger partial charge is 0.251 e. The van der Waals surface area contributed by atoms with Gasteiger partial charge in [0.25, 0.3) is 5.92 Å². The van der Waals surface area contributed by atoms with Gasteiger partial charge in [0.05, 0.1) is 19.3 Å². The summed E-state index contributed by atoms with van der Waals surface area (Å²) in [5.41, 5.74) is -2.41. The number of nitrogens with zero attached hydrogens (tertiary/aromatic N) is 6. The molecule has 2 amide bonds. The van der Waals surface area contributed by atoms with Crippen molar-refractivity contribution < 1.29 is 32.2 Å². The van der Waals surface area contributed by atoms with Crippen molar-refractivity contribution in [3.05, 3.63) is 0 Å². The lowest BCUT2D eigenvalue weighted by Crippen LogP contribution is -2.62. The molecule has 13 heteroatoms. The first-order valence-corrected chi connectivity index (χ1v) is 15.5. The van der Waals surface area contributed by atoms with Crippen molar-refractivity contribution in [2.45, 2.75) is 56.2 Å². The molecule has 42 heavy (non-hydrogen) atoms. The zero-order valence-electron chi connectivity index (χ0n) is 24.6. The molecule has 0 aromatic rings. The van der Waals surface area contributed by atoms with Crippen molar-refractivity contribution in [2.24, 2.45) is 5.41 Å². The zero-order chi connectivity index (χ0) is 29.8. The Kier molecular flexibility index (Phi) is 9.99. The van der Waals surface area contributed by atoms with E-state index in [0.29, 0.717) is 118 Å². The lowest BCUT2D eigenvalue weighted by molar-refractivity contribution is -0.148. The maximum atomic E-state index is 15.2. The predicted octanol–water partition coefficient (Wildman–Crippen LogP) is 1.21. The van der Waals surface area contributed by atoms with Gasteiger partial charge >= 0.3 is 0 Å². The number of alkyl halides is 3.